The second-order valence-electron chi connectivity index (χ2n) is 10.6. The molecule has 2 fully saturated rings. The Labute approximate surface area is 246 Å². The summed E-state index contributed by atoms with van der Waals surface area (Å²) in [5.41, 5.74) is -2.28. The number of ether oxygens (including phenoxy) is 1. The van der Waals surface area contributed by atoms with Crippen LogP contribution in [0, 0.1) is 12.7 Å². The summed E-state index contributed by atoms with van der Waals surface area (Å²) >= 11 is 0. The first-order valence-electron chi connectivity index (χ1n) is 13.4. The third-order valence-electron chi connectivity index (χ3n) is 7.49. The van der Waals surface area contributed by atoms with Gasteiger partial charge in [-0.05, 0) is 53.9 Å². The van der Waals surface area contributed by atoms with Crippen LogP contribution in [0.4, 0.5) is 40.3 Å². The largest absolute Gasteiger partial charge is 0.446 e. The molecule has 0 unspecified atom stereocenters. The molecule has 2 aromatic carbocycles. The first-order chi connectivity index (χ1) is 20.0. The van der Waals surface area contributed by atoms with Crippen LogP contribution >= 0.6 is 0 Å². The van der Waals surface area contributed by atoms with E-state index >= 15 is 0 Å². The van der Waals surface area contributed by atoms with Crippen LogP contribution in [-0.4, -0.2) is 75.3 Å². The van der Waals surface area contributed by atoms with Crippen molar-refractivity contribution >= 4 is 22.9 Å². The average molecular weight is 638 g/mol. The summed E-state index contributed by atoms with van der Waals surface area (Å²) in [6, 6.07) is 3.72. The SMILES string of the molecule is Cc1cc(F)ccc1[C@H]1C[C@@H](OC(=O)N2CCS(=O)CC2)CCN1C(=O)N(C)Cc1cc(C(F)(F)F)cc(C(F)(F)F)c1. The fourth-order valence-electron chi connectivity index (χ4n) is 5.29. The van der Waals surface area contributed by atoms with E-state index in [1.807, 2.05) is 0 Å². The number of piperidine rings is 1. The Kier molecular flexibility index (Phi) is 9.62. The Morgan fingerprint density at radius 3 is 2.14 bits per heavy atom. The molecule has 2 aromatic rings. The molecule has 0 radical (unpaired) electrons. The lowest BCUT2D eigenvalue weighted by Crippen LogP contribution is -2.49. The Balaban J connectivity index is 1.56. The van der Waals surface area contributed by atoms with Crippen molar-refractivity contribution in [3.63, 3.8) is 0 Å². The number of carbonyl (C=O) groups excluding carboxylic acids is 2. The van der Waals surface area contributed by atoms with Gasteiger partial charge in [-0.1, -0.05) is 6.07 Å². The van der Waals surface area contributed by atoms with Gasteiger partial charge in [0.1, 0.15) is 11.9 Å². The van der Waals surface area contributed by atoms with Gasteiger partial charge in [0.25, 0.3) is 0 Å². The Bertz CT molecular complexity index is 1340. The number of likely N-dealkylation sites (tertiary alicyclic amines) is 1. The van der Waals surface area contributed by atoms with Gasteiger partial charge in [0.15, 0.2) is 0 Å². The molecule has 2 atom stereocenters. The fourth-order valence-corrected chi connectivity index (χ4v) is 6.34. The quantitative estimate of drug-likeness (QED) is 0.379. The molecule has 0 aliphatic carbocycles. The number of hydrogen-bond acceptors (Lipinski definition) is 4. The number of urea groups is 1. The lowest BCUT2D eigenvalue weighted by atomic mass is 9.90. The molecule has 3 amide bonds. The number of amides is 3. The Morgan fingerprint density at radius 2 is 1.58 bits per heavy atom. The number of benzene rings is 2. The highest BCUT2D eigenvalue weighted by Crippen LogP contribution is 2.38. The third kappa shape index (κ3) is 7.98. The Morgan fingerprint density at radius 1 is 0.977 bits per heavy atom. The summed E-state index contributed by atoms with van der Waals surface area (Å²) < 4.78 is 111. The summed E-state index contributed by atoms with van der Waals surface area (Å²) in [5, 5.41) is 0. The number of nitrogens with zero attached hydrogens (tertiary/aromatic N) is 3. The second kappa shape index (κ2) is 12.7. The van der Waals surface area contributed by atoms with Gasteiger partial charge in [-0.25, -0.2) is 14.0 Å². The lowest BCUT2D eigenvalue weighted by molar-refractivity contribution is -0.143. The standard InChI is InChI=1S/C28H30F7N3O4S/c1-17-11-21(29)3-4-23(17)24-15-22(42-26(40)37-7-9-43(41)10-8-37)5-6-38(24)25(39)36(2)16-18-12-19(27(30,31)32)14-20(13-18)28(33,34)35/h3-4,11-14,22,24H,5-10,15-16H2,1-2H3/t22-,24+/m0/s1. The summed E-state index contributed by atoms with van der Waals surface area (Å²) in [6.07, 6.45) is -11.0. The average Bonchev–Trinajstić information content (AvgIpc) is 2.92. The molecule has 2 heterocycles. The summed E-state index contributed by atoms with van der Waals surface area (Å²) in [7, 11) is 0.260. The number of halogens is 7. The number of hydrogen-bond donors (Lipinski definition) is 0. The van der Waals surface area contributed by atoms with Crippen molar-refractivity contribution in [1.29, 1.82) is 0 Å². The van der Waals surface area contributed by atoms with Crippen LogP contribution in [0.5, 0.6) is 0 Å². The molecule has 0 bridgehead atoms. The van der Waals surface area contributed by atoms with Crippen molar-refractivity contribution in [2.75, 3.05) is 38.2 Å². The van der Waals surface area contributed by atoms with Crippen molar-refractivity contribution in [2.45, 2.75) is 50.8 Å². The minimum atomic E-state index is -5.03. The zero-order valence-electron chi connectivity index (χ0n) is 23.3. The lowest BCUT2D eigenvalue weighted by Gasteiger charge is -2.42. The second-order valence-corrected chi connectivity index (χ2v) is 12.3. The topological polar surface area (TPSA) is 70.2 Å². The highest BCUT2D eigenvalue weighted by atomic mass is 32.2. The molecule has 4 rings (SSSR count). The van der Waals surface area contributed by atoms with E-state index in [0.29, 0.717) is 34.8 Å². The van der Waals surface area contributed by atoms with Gasteiger partial charge in [0.2, 0.25) is 0 Å². The van der Waals surface area contributed by atoms with Crippen LogP contribution in [0.15, 0.2) is 36.4 Å². The van der Waals surface area contributed by atoms with E-state index in [4.69, 9.17) is 4.74 Å². The van der Waals surface area contributed by atoms with Crippen LogP contribution in [-0.2, 0) is 34.4 Å². The predicted molar refractivity (Wildman–Crippen MR) is 143 cm³/mol. The van der Waals surface area contributed by atoms with Crippen molar-refractivity contribution in [3.05, 3.63) is 70.0 Å². The Hall–Kier alpha value is -3.36. The molecule has 2 aliphatic rings. The minimum Gasteiger partial charge on any atom is -0.446 e. The van der Waals surface area contributed by atoms with E-state index in [2.05, 4.69) is 0 Å². The highest BCUT2D eigenvalue weighted by Gasteiger charge is 2.39. The maximum atomic E-state index is 13.9. The summed E-state index contributed by atoms with van der Waals surface area (Å²) in [4.78, 5) is 30.2. The van der Waals surface area contributed by atoms with Gasteiger partial charge < -0.3 is 19.4 Å². The molecule has 236 valence electrons. The number of carbonyl (C=O) groups is 2. The van der Waals surface area contributed by atoms with Gasteiger partial charge in [-0.2, -0.15) is 26.3 Å². The maximum absolute atomic E-state index is 13.9. The molecule has 43 heavy (non-hydrogen) atoms. The molecule has 0 saturated carbocycles. The number of rotatable bonds is 4. The zero-order chi connectivity index (χ0) is 31.7. The molecule has 2 aliphatic heterocycles. The molecule has 2 saturated heterocycles. The molecular weight excluding hydrogens is 607 g/mol. The molecule has 15 heteroatoms. The maximum Gasteiger partial charge on any atom is 0.416 e. The molecular formula is C28H30F7N3O4S. The van der Waals surface area contributed by atoms with Crippen LogP contribution in [0.2, 0.25) is 0 Å². The number of aryl methyl sites for hydroxylation is 1. The number of alkyl halides is 6. The first kappa shape index (κ1) is 32.6. The monoisotopic (exact) mass is 637 g/mol. The van der Waals surface area contributed by atoms with Gasteiger partial charge >= 0.3 is 24.5 Å². The van der Waals surface area contributed by atoms with E-state index in [0.717, 1.165) is 4.90 Å². The van der Waals surface area contributed by atoms with E-state index in [1.54, 1.807) is 6.92 Å². The molecule has 7 nitrogen and oxygen atoms in total. The van der Waals surface area contributed by atoms with E-state index in [-0.39, 0.29) is 44.1 Å². The van der Waals surface area contributed by atoms with Crippen molar-refractivity contribution in [3.8, 4) is 0 Å². The van der Waals surface area contributed by atoms with Crippen molar-refractivity contribution in [1.82, 2.24) is 14.7 Å². The molecule has 0 spiro atoms. The van der Waals surface area contributed by atoms with Crippen molar-refractivity contribution < 1.29 is 49.3 Å². The summed E-state index contributed by atoms with van der Waals surface area (Å²) in [6.45, 7) is 1.68. The van der Waals surface area contributed by atoms with Crippen molar-refractivity contribution in [2.24, 2.45) is 0 Å². The fraction of sp³-hybridized carbons (Fsp3) is 0.500. The zero-order valence-corrected chi connectivity index (χ0v) is 24.1. The molecule has 0 N–H and O–H groups in total. The third-order valence-corrected chi connectivity index (χ3v) is 8.76. The van der Waals surface area contributed by atoms with Gasteiger partial charge in [-0.15, -0.1) is 0 Å². The normalized spacial score (nSPS) is 20.2. The van der Waals surface area contributed by atoms with Crippen LogP contribution in [0.3, 0.4) is 0 Å². The van der Waals surface area contributed by atoms with E-state index < -0.39 is 70.9 Å². The smallest absolute Gasteiger partial charge is 0.416 e. The summed E-state index contributed by atoms with van der Waals surface area (Å²) in [5.74, 6) is 0.159. The van der Waals surface area contributed by atoms with E-state index in [1.165, 1.54) is 35.0 Å². The van der Waals surface area contributed by atoms with Crippen LogP contribution in [0.1, 0.15) is 46.7 Å². The van der Waals surface area contributed by atoms with Gasteiger partial charge in [0.05, 0.1) is 17.2 Å². The van der Waals surface area contributed by atoms with Crippen LogP contribution < -0.4 is 0 Å². The first-order valence-corrected chi connectivity index (χ1v) is 14.9. The highest BCUT2D eigenvalue weighted by molar-refractivity contribution is 7.85. The molecule has 0 aromatic heterocycles. The predicted octanol–water partition coefficient (Wildman–Crippen LogP) is 6.13. The van der Waals surface area contributed by atoms with E-state index in [9.17, 15) is 44.5 Å². The van der Waals surface area contributed by atoms with Gasteiger partial charge in [0, 0.05) is 68.4 Å². The van der Waals surface area contributed by atoms with Crippen LogP contribution in [0.25, 0.3) is 0 Å². The minimum absolute atomic E-state index is 0.0219. The van der Waals surface area contributed by atoms with Gasteiger partial charge in [-0.3, -0.25) is 4.21 Å².